The highest BCUT2D eigenvalue weighted by Crippen LogP contribution is 2.31. The molecule has 0 aliphatic carbocycles. The van der Waals surface area contributed by atoms with Crippen LogP contribution in [0.2, 0.25) is 0 Å². The summed E-state index contributed by atoms with van der Waals surface area (Å²) in [6.07, 6.45) is 1.85. The third-order valence-corrected chi connectivity index (χ3v) is 7.11. The van der Waals surface area contributed by atoms with E-state index in [0.717, 1.165) is 24.0 Å². The van der Waals surface area contributed by atoms with Crippen LogP contribution in [0.3, 0.4) is 0 Å². The van der Waals surface area contributed by atoms with Crippen LogP contribution in [-0.2, 0) is 16.6 Å². The van der Waals surface area contributed by atoms with Crippen molar-refractivity contribution in [3.05, 3.63) is 27.7 Å². The van der Waals surface area contributed by atoms with E-state index in [1.807, 2.05) is 13.0 Å². The lowest BCUT2D eigenvalue weighted by Crippen LogP contribution is -2.38. The Morgan fingerprint density at radius 2 is 1.95 bits per heavy atom. The maximum atomic E-state index is 12.8. The molecule has 0 bridgehead atoms. The summed E-state index contributed by atoms with van der Waals surface area (Å²) < 4.78 is 27.8. The van der Waals surface area contributed by atoms with Gasteiger partial charge in [-0.1, -0.05) is 13.0 Å². The van der Waals surface area contributed by atoms with E-state index in [1.54, 1.807) is 10.4 Å². The van der Waals surface area contributed by atoms with Crippen LogP contribution in [0, 0.1) is 12.8 Å². The standard InChI is InChI=1S/C14H21BrN2O2S/c1-10-3-5-17(6-4-10)20(18,19)13-8-12(9-16)7-11(2)14(13)15/h7-8,10H,3-6,9,16H2,1-2H3. The van der Waals surface area contributed by atoms with Crippen molar-refractivity contribution in [3.63, 3.8) is 0 Å². The van der Waals surface area contributed by atoms with E-state index in [9.17, 15) is 8.42 Å². The maximum absolute atomic E-state index is 12.8. The normalized spacial score (nSPS) is 18.4. The van der Waals surface area contributed by atoms with Gasteiger partial charge in [-0.2, -0.15) is 4.31 Å². The molecule has 0 saturated carbocycles. The highest BCUT2D eigenvalue weighted by atomic mass is 79.9. The fourth-order valence-corrected chi connectivity index (χ4v) is 4.98. The molecule has 1 aromatic rings. The zero-order chi connectivity index (χ0) is 14.9. The van der Waals surface area contributed by atoms with E-state index in [1.165, 1.54) is 0 Å². The average molecular weight is 361 g/mol. The SMILES string of the molecule is Cc1cc(CN)cc(S(=O)(=O)N2CCC(C)CC2)c1Br. The van der Waals surface area contributed by atoms with E-state index < -0.39 is 10.0 Å². The monoisotopic (exact) mass is 360 g/mol. The minimum Gasteiger partial charge on any atom is -0.326 e. The second-order valence-corrected chi connectivity index (χ2v) is 8.21. The number of hydrogen-bond acceptors (Lipinski definition) is 3. The van der Waals surface area contributed by atoms with Gasteiger partial charge in [0.05, 0.1) is 4.90 Å². The molecule has 1 aromatic carbocycles. The first-order valence-electron chi connectivity index (χ1n) is 6.85. The van der Waals surface area contributed by atoms with Crippen molar-refractivity contribution in [2.45, 2.75) is 38.1 Å². The summed E-state index contributed by atoms with van der Waals surface area (Å²) in [6.45, 7) is 5.59. The first-order chi connectivity index (χ1) is 9.36. The van der Waals surface area contributed by atoms with Gasteiger partial charge in [0.25, 0.3) is 0 Å². The van der Waals surface area contributed by atoms with Gasteiger partial charge in [-0.25, -0.2) is 8.42 Å². The van der Waals surface area contributed by atoms with Gasteiger partial charge in [0.1, 0.15) is 0 Å². The Hall–Kier alpha value is -0.430. The summed E-state index contributed by atoms with van der Waals surface area (Å²) in [5.41, 5.74) is 7.40. The summed E-state index contributed by atoms with van der Waals surface area (Å²) in [7, 11) is -3.44. The second-order valence-electron chi connectivity index (χ2n) is 5.52. The van der Waals surface area contributed by atoms with Gasteiger partial charge >= 0.3 is 0 Å². The van der Waals surface area contributed by atoms with E-state index >= 15 is 0 Å². The minimum atomic E-state index is -3.44. The summed E-state index contributed by atoms with van der Waals surface area (Å²) in [4.78, 5) is 0.340. The van der Waals surface area contributed by atoms with Crippen LogP contribution in [0.25, 0.3) is 0 Å². The van der Waals surface area contributed by atoms with Crippen molar-refractivity contribution >= 4 is 26.0 Å². The van der Waals surface area contributed by atoms with Crippen molar-refractivity contribution in [3.8, 4) is 0 Å². The van der Waals surface area contributed by atoms with Gasteiger partial charge in [-0.05, 0) is 58.8 Å². The van der Waals surface area contributed by atoms with Crippen LogP contribution in [-0.4, -0.2) is 25.8 Å². The molecule has 6 heteroatoms. The number of sulfonamides is 1. The fraction of sp³-hybridized carbons (Fsp3) is 0.571. The molecule has 0 unspecified atom stereocenters. The topological polar surface area (TPSA) is 63.4 Å². The Balaban J connectivity index is 2.41. The third-order valence-electron chi connectivity index (χ3n) is 3.88. The van der Waals surface area contributed by atoms with E-state index in [4.69, 9.17) is 5.73 Å². The summed E-state index contributed by atoms with van der Waals surface area (Å²) in [6, 6.07) is 3.60. The summed E-state index contributed by atoms with van der Waals surface area (Å²) >= 11 is 3.41. The lowest BCUT2D eigenvalue weighted by molar-refractivity contribution is 0.288. The fourth-order valence-electron chi connectivity index (χ4n) is 2.48. The number of piperidine rings is 1. The number of hydrogen-bond donors (Lipinski definition) is 1. The predicted octanol–water partition coefficient (Wildman–Crippen LogP) is 2.64. The van der Waals surface area contributed by atoms with Gasteiger partial charge in [-0.15, -0.1) is 0 Å². The molecular formula is C14H21BrN2O2S. The largest absolute Gasteiger partial charge is 0.326 e. The molecular weight excluding hydrogens is 340 g/mol. The van der Waals surface area contributed by atoms with Crippen LogP contribution >= 0.6 is 15.9 Å². The molecule has 1 aliphatic heterocycles. The number of nitrogens with zero attached hydrogens (tertiary/aromatic N) is 1. The molecule has 1 fully saturated rings. The number of nitrogens with two attached hydrogens (primary N) is 1. The van der Waals surface area contributed by atoms with Crippen molar-refractivity contribution in [2.24, 2.45) is 11.7 Å². The smallest absolute Gasteiger partial charge is 0.244 e. The molecule has 20 heavy (non-hydrogen) atoms. The molecule has 0 aromatic heterocycles. The maximum Gasteiger partial charge on any atom is 0.244 e. The lowest BCUT2D eigenvalue weighted by atomic mass is 10.0. The molecule has 1 heterocycles. The first-order valence-corrected chi connectivity index (χ1v) is 9.08. The van der Waals surface area contributed by atoms with E-state index in [-0.39, 0.29) is 0 Å². The van der Waals surface area contributed by atoms with Gasteiger partial charge in [0.2, 0.25) is 10.0 Å². The number of halogens is 1. The Morgan fingerprint density at radius 1 is 1.35 bits per heavy atom. The van der Waals surface area contributed by atoms with Gasteiger partial charge < -0.3 is 5.73 Å². The quantitative estimate of drug-likeness (QED) is 0.900. The summed E-state index contributed by atoms with van der Waals surface area (Å²) in [5, 5.41) is 0. The summed E-state index contributed by atoms with van der Waals surface area (Å²) in [5.74, 6) is 0.599. The van der Waals surface area contributed by atoms with Crippen LogP contribution in [0.15, 0.2) is 21.5 Å². The molecule has 0 atom stereocenters. The predicted molar refractivity (Wildman–Crippen MR) is 83.9 cm³/mol. The van der Waals surface area contributed by atoms with Gasteiger partial charge in [0.15, 0.2) is 0 Å². The van der Waals surface area contributed by atoms with Crippen molar-refractivity contribution in [2.75, 3.05) is 13.1 Å². The molecule has 1 aliphatic rings. The second kappa shape index (κ2) is 6.13. The van der Waals surface area contributed by atoms with Gasteiger partial charge in [0, 0.05) is 24.1 Å². The first kappa shape index (κ1) is 15.9. The number of rotatable bonds is 3. The molecule has 4 nitrogen and oxygen atoms in total. The van der Waals surface area contributed by atoms with E-state index in [0.29, 0.717) is 34.9 Å². The van der Waals surface area contributed by atoms with Crippen LogP contribution < -0.4 is 5.73 Å². The Labute approximate surface area is 129 Å². The molecule has 0 amide bonds. The van der Waals surface area contributed by atoms with E-state index in [2.05, 4.69) is 22.9 Å². The van der Waals surface area contributed by atoms with Gasteiger partial charge in [-0.3, -0.25) is 0 Å². The van der Waals surface area contributed by atoms with Crippen LogP contribution in [0.1, 0.15) is 30.9 Å². The molecule has 0 radical (unpaired) electrons. The molecule has 2 rings (SSSR count). The van der Waals surface area contributed by atoms with Crippen molar-refractivity contribution < 1.29 is 8.42 Å². The molecule has 112 valence electrons. The Morgan fingerprint density at radius 3 is 2.50 bits per heavy atom. The molecule has 1 saturated heterocycles. The number of aryl methyl sites for hydroxylation is 1. The van der Waals surface area contributed by atoms with Crippen LogP contribution in [0.4, 0.5) is 0 Å². The average Bonchev–Trinajstić information content (AvgIpc) is 2.42. The highest BCUT2D eigenvalue weighted by molar-refractivity contribution is 9.10. The zero-order valence-corrected chi connectivity index (χ0v) is 14.3. The Kier molecular flexibility index (Phi) is 4.89. The van der Waals surface area contributed by atoms with Crippen molar-refractivity contribution in [1.82, 2.24) is 4.31 Å². The highest BCUT2D eigenvalue weighted by Gasteiger charge is 2.30. The molecule has 2 N–H and O–H groups in total. The number of benzene rings is 1. The minimum absolute atomic E-state index is 0.340. The third kappa shape index (κ3) is 3.08. The molecule has 0 spiro atoms. The van der Waals surface area contributed by atoms with Crippen molar-refractivity contribution in [1.29, 1.82) is 0 Å². The zero-order valence-electron chi connectivity index (χ0n) is 11.9. The van der Waals surface area contributed by atoms with Crippen LogP contribution in [0.5, 0.6) is 0 Å². The lowest BCUT2D eigenvalue weighted by Gasteiger charge is -2.30. The Bertz CT molecular complexity index is 593.